The molecule has 0 radical (unpaired) electrons. The molecule has 3 aromatic rings. The van der Waals surface area contributed by atoms with E-state index in [1.807, 2.05) is 0 Å². The zero-order chi connectivity index (χ0) is 22.7. The summed E-state index contributed by atoms with van der Waals surface area (Å²) in [5.74, 6) is -1.16. The number of aromatic nitrogens is 2. The number of likely N-dealkylation sites (N-methyl/N-ethyl adjacent to an activating group) is 1. The molecule has 0 aliphatic heterocycles. The first-order valence-corrected chi connectivity index (χ1v) is 10.2. The lowest BCUT2D eigenvalue weighted by molar-refractivity contribution is -0.116. The van der Waals surface area contributed by atoms with Crippen molar-refractivity contribution in [2.75, 3.05) is 18.9 Å². The highest BCUT2D eigenvalue weighted by atomic mass is 35.5. The number of aryl methyl sites for hydroxylation is 1. The second-order valence-corrected chi connectivity index (χ2v) is 7.98. The lowest BCUT2D eigenvalue weighted by atomic mass is 10.2. The zero-order valence-corrected chi connectivity index (χ0v) is 18.8. The lowest BCUT2D eigenvalue weighted by Crippen LogP contribution is -2.38. The quantitative estimate of drug-likeness (QED) is 0.594. The Hall–Kier alpha value is -2.87. The molecule has 0 aliphatic carbocycles. The van der Waals surface area contributed by atoms with Crippen LogP contribution < -0.4 is 10.7 Å². The van der Waals surface area contributed by atoms with Crippen LogP contribution in [0.1, 0.15) is 16.2 Å². The standard InChI is InChI=1S/C21H17Cl3N4O3/c1-12-9-18(29)20(26-28(12)15-6-3-13(22)4-7-15)21(31)27(2)11-19(30)25-14-5-8-16(23)17(24)10-14/h3-10H,11H2,1-2H3,(H,25,30). The number of halogens is 3. The van der Waals surface area contributed by atoms with Gasteiger partial charge < -0.3 is 10.2 Å². The number of anilines is 1. The maximum atomic E-state index is 12.8. The van der Waals surface area contributed by atoms with Crippen molar-refractivity contribution in [3.8, 4) is 5.69 Å². The van der Waals surface area contributed by atoms with E-state index in [0.29, 0.717) is 27.1 Å². The molecule has 0 spiro atoms. The van der Waals surface area contributed by atoms with Gasteiger partial charge in [0.25, 0.3) is 5.91 Å². The number of carbonyl (C=O) groups excluding carboxylic acids is 2. The van der Waals surface area contributed by atoms with Crippen LogP contribution in [0.15, 0.2) is 53.3 Å². The minimum absolute atomic E-state index is 0.288. The highest BCUT2D eigenvalue weighted by Gasteiger charge is 2.21. The Balaban J connectivity index is 1.78. The van der Waals surface area contributed by atoms with Crippen LogP contribution in [0.3, 0.4) is 0 Å². The van der Waals surface area contributed by atoms with Gasteiger partial charge in [-0.1, -0.05) is 34.8 Å². The van der Waals surface area contributed by atoms with Crippen molar-refractivity contribution in [3.63, 3.8) is 0 Å². The number of hydrogen-bond acceptors (Lipinski definition) is 4. The number of nitrogens with zero attached hydrogens (tertiary/aromatic N) is 3. The van der Waals surface area contributed by atoms with Crippen LogP contribution in [0.4, 0.5) is 5.69 Å². The number of nitrogens with one attached hydrogen (secondary N) is 1. The summed E-state index contributed by atoms with van der Waals surface area (Å²) in [5, 5.41) is 8.02. The highest BCUT2D eigenvalue weighted by Crippen LogP contribution is 2.25. The predicted molar refractivity (Wildman–Crippen MR) is 122 cm³/mol. The SMILES string of the molecule is Cc1cc(=O)c(C(=O)N(C)CC(=O)Nc2ccc(Cl)c(Cl)c2)nn1-c1ccc(Cl)cc1. The van der Waals surface area contributed by atoms with Gasteiger partial charge in [0, 0.05) is 29.5 Å². The molecule has 0 unspecified atom stereocenters. The molecule has 2 amide bonds. The van der Waals surface area contributed by atoms with Crippen molar-refractivity contribution < 1.29 is 9.59 Å². The van der Waals surface area contributed by atoms with Crippen LogP contribution in [0.5, 0.6) is 0 Å². The third-order valence-electron chi connectivity index (χ3n) is 4.31. The smallest absolute Gasteiger partial charge is 0.278 e. The van der Waals surface area contributed by atoms with Gasteiger partial charge in [-0.3, -0.25) is 14.4 Å². The van der Waals surface area contributed by atoms with Crippen LogP contribution in [-0.2, 0) is 4.79 Å². The zero-order valence-electron chi connectivity index (χ0n) is 16.5. The van der Waals surface area contributed by atoms with E-state index in [2.05, 4.69) is 10.4 Å². The molecular weight excluding hydrogens is 463 g/mol. The molecule has 0 saturated carbocycles. The summed E-state index contributed by atoms with van der Waals surface area (Å²) in [5.41, 5.74) is 0.772. The molecule has 2 aromatic carbocycles. The van der Waals surface area contributed by atoms with E-state index < -0.39 is 17.2 Å². The fraction of sp³-hybridized carbons (Fsp3) is 0.143. The average molecular weight is 480 g/mol. The second kappa shape index (κ2) is 9.51. The van der Waals surface area contributed by atoms with Gasteiger partial charge >= 0.3 is 0 Å². The largest absolute Gasteiger partial charge is 0.331 e. The molecule has 3 rings (SSSR count). The van der Waals surface area contributed by atoms with Crippen molar-refractivity contribution in [1.29, 1.82) is 0 Å². The summed E-state index contributed by atoms with van der Waals surface area (Å²) in [6, 6.07) is 12.7. The minimum atomic E-state index is -0.683. The molecule has 0 aliphatic rings. The number of amides is 2. The summed E-state index contributed by atoms with van der Waals surface area (Å²) in [6.07, 6.45) is 0. The van der Waals surface area contributed by atoms with Crippen molar-refractivity contribution in [1.82, 2.24) is 14.7 Å². The van der Waals surface area contributed by atoms with Gasteiger partial charge in [-0.15, -0.1) is 0 Å². The predicted octanol–water partition coefficient (Wildman–Crippen LogP) is 4.21. The summed E-state index contributed by atoms with van der Waals surface area (Å²) >= 11 is 17.7. The van der Waals surface area contributed by atoms with E-state index in [9.17, 15) is 14.4 Å². The second-order valence-electron chi connectivity index (χ2n) is 6.73. The molecule has 1 aromatic heterocycles. The van der Waals surface area contributed by atoms with Crippen LogP contribution in [-0.4, -0.2) is 40.1 Å². The number of rotatable bonds is 5. The summed E-state index contributed by atoms with van der Waals surface area (Å²) in [6.45, 7) is 1.40. The fourth-order valence-corrected chi connectivity index (χ4v) is 3.21. The van der Waals surface area contributed by atoms with Gasteiger partial charge in [0.15, 0.2) is 5.69 Å². The third kappa shape index (κ3) is 5.44. The molecule has 31 heavy (non-hydrogen) atoms. The maximum absolute atomic E-state index is 12.8. The first-order chi connectivity index (χ1) is 14.7. The molecule has 0 bridgehead atoms. The van der Waals surface area contributed by atoms with Crippen molar-refractivity contribution in [2.45, 2.75) is 6.92 Å². The Morgan fingerprint density at radius 2 is 1.71 bits per heavy atom. The monoisotopic (exact) mass is 478 g/mol. The van der Waals surface area contributed by atoms with Gasteiger partial charge in [0.2, 0.25) is 11.3 Å². The molecule has 1 N–H and O–H groups in total. The molecule has 0 fully saturated rings. The van der Waals surface area contributed by atoms with E-state index in [-0.39, 0.29) is 17.3 Å². The van der Waals surface area contributed by atoms with Crippen molar-refractivity contribution >= 4 is 52.3 Å². The molecular formula is C21H17Cl3N4O3. The first kappa shape index (κ1) is 22.8. The van der Waals surface area contributed by atoms with E-state index >= 15 is 0 Å². The van der Waals surface area contributed by atoms with E-state index in [1.165, 1.54) is 23.9 Å². The van der Waals surface area contributed by atoms with Gasteiger partial charge in [-0.25, -0.2) is 4.68 Å². The summed E-state index contributed by atoms with van der Waals surface area (Å²) in [4.78, 5) is 38.6. The van der Waals surface area contributed by atoms with Gasteiger partial charge in [-0.2, -0.15) is 5.10 Å². The van der Waals surface area contributed by atoms with Gasteiger partial charge in [-0.05, 0) is 49.4 Å². The Kier molecular flexibility index (Phi) is 7.00. The van der Waals surface area contributed by atoms with Crippen LogP contribution in [0.2, 0.25) is 15.1 Å². The van der Waals surface area contributed by atoms with Crippen molar-refractivity contribution in [3.05, 3.63) is 85.2 Å². The molecule has 7 nitrogen and oxygen atoms in total. The van der Waals surface area contributed by atoms with Crippen LogP contribution in [0, 0.1) is 6.92 Å². The van der Waals surface area contributed by atoms with E-state index in [4.69, 9.17) is 34.8 Å². The van der Waals surface area contributed by atoms with Crippen LogP contribution >= 0.6 is 34.8 Å². The Bertz CT molecular complexity index is 1210. The normalized spacial score (nSPS) is 10.6. The fourth-order valence-electron chi connectivity index (χ4n) is 2.78. The Labute approximate surface area is 193 Å². The van der Waals surface area contributed by atoms with Gasteiger partial charge in [0.1, 0.15) is 0 Å². The topological polar surface area (TPSA) is 84.3 Å². The maximum Gasteiger partial charge on any atom is 0.278 e. The van der Waals surface area contributed by atoms with Gasteiger partial charge in [0.05, 0.1) is 22.3 Å². The molecule has 160 valence electrons. The van der Waals surface area contributed by atoms with Crippen LogP contribution in [0.25, 0.3) is 5.69 Å². The summed E-state index contributed by atoms with van der Waals surface area (Å²) in [7, 11) is 1.41. The average Bonchev–Trinajstić information content (AvgIpc) is 2.71. The molecule has 0 atom stereocenters. The lowest BCUT2D eigenvalue weighted by Gasteiger charge is -2.17. The summed E-state index contributed by atoms with van der Waals surface area (Å²) < 4.78 is 1.47. The molecule has 0 saturated heterocycles. The van der Waals surface area contributed by atoms with E-state index in [0.717, 1.165) is 4.90 Å². The third-order valence-corrected chi connectivity index (χ3v) is 5.30. The Morgan fingerprint density at radius 1 is 1.03 bits per heavy atom. The number of benzene rings is 2. The molecule has 10 heteroatoms. The minimum Gasteiger partial charge on any atom is -0.331 e. The number of carbonyl (C=O) groups is 2. The Morgan fingerprint density at radius 3 is 2.35 bits per heavy atom. The highest BCUT2D eigenvalue weighted by molar-refractivity contribution is 6.42. The molecule has 1 heterocycles. The first-order valence-electron chi connectivity index (χ1n) is 9.03. The van der Waals surface area contributed by atoms with E-state index in [1.54, 1.807) is 43.3 Å². The number of hydrogen-bond donors (Lipinski definition) is 1. The van der Waals surface area contributed by atoms with Crippen molar-refractivity contribution in [2.24, 2.45) is 0 Å².